The SMILES string of the molecule is NCCN1CC(C(=O)N2CCOCC2)CC1=O. The van der Waals surface area contributed by atoms with Gasteiger partial charge in [-0.3, -0.25) is 9.59 Å². The fourth-order valence-electron chi connectivity index (χ4n) is 2.35. The van der Waals surface area contributed by atoms with Gasteiger partial charge in [-0.25, -0.2) is 0 Å². The lowest BCUT2D eigenvalue weighted by molar-refractivity contribution is -0.139. The zero-order valence-corrected chi connectivity index (χ0v) is 9.93. The van der Waals surface area contributed by atoms with Crippen LogP contribution in [0.25, 0.3) is 0 Å². The van der Waals surface area contributed by atoms with Crippen LogP contribution < -0.4 is 5.73 Å². The fourth-order valence-corrected chi connectivity index (χ4v) is 2.35. The number of likely N-dealkylation sites (tertiary alicyclic amines) is 1. The number of carbonyl (C=O) groups is 2. The molecule has 2 saturated heterocycles. The molecular formula is C11H19N3O3. The maximum atomic E-state index is 12.2. The molecular weight excluding hydrogens is 222 g/mol. The van der Waals surface area contributed by atoms with Crippen molar-refractivity contribution in [1.82, 2.24) is 9.80 Å². The van der Waals surface area contributed by atoms with Crippen molar-refractivity contribution >= 4 is 11.8 Å². The summed E-state index contributed by atoms with van der Waals surface area (Å²) in [5.41, 5.74) is 5.43. The van der Waals surface area contributed by atoms with Crippen molar-refractivity contribution in [2.75, 3.05) is 45.9 Å². The van der Waals surface area contributed by atoms with Gasteiger partial charge in [0, 0.05) is 39.1 Å². The smallest absolute Gasteiger partial charge is 0.228 e. The first kappa shape index (κ1) is 12.3. The van der Waals surface area contributed by atoms with Crippen LogP contribution in [-0.4, -0.2) is 67.6 Å². The standard InChI is InChI=1S/C11H19N3O3/c12-1-2-14-8-9(7-10(14)15)11(16)13-3-5-17-6-4-13/h9H,1-8,12H2. The van der Waals surface area contributed by atoms with Gasteiger partial charge >= 0.3 is 0 Å². The summed E-state index contributed by atoms with van der Waals surface area (Å²) in [7, 11) is 0. The van der Waals surface area contributed by atoms with Crippen LogP contribution in [0, 0.1) is 5.92 Å². The molecule has 2 fully saturated rings. The molecule has 1 atom stereocenters. The highest BCUT2D eigenvalue weighted by Crippen LogP contribution is 2.20. The third-order valence-corrected chi connectivity index (χ3v) is 3.29. The molecule has 0 aromatic carbocycles. The summed E-state index contributed by atoms with van der Waals surface area (Å²) in [5, 5.41) is 0. The van der Waals surface area contributed by atoms with Crippen molar-refractivity contribution in [1.29, 1.82) is 0 Å². The second-order valence-corrected chi connectivity index (χ2v) is 4.47. The van der Waals surface area contributed by atoms with Gasteiger partial charge in [0.15, 0.2) is 0 Å². The van der Waals surface area contributed by atoms with Gasteiger partial charge in [-0.05, 0) is 0 Å². The highest BCUT2D eigenvalue weighted by Gasteiger charge is 2.36. The maximum Gasteiger partial charge on any atom is 0.228 e. The van der Waals surface area contributed by atoms with Gasteiger partial charge in [-0.15, -0.1) is 0 Å². The summed E-state index contributed by atoms with van der Waals surface area (Å²) in [6, 6.07) is 0. The minimum atomic E-state index is -0.188. The average molecular weight is 241 g/mol. The number of carbonyl (C=O) groups excluding carboxylic acids is 2. The lowest BCUT2D eigenvalue weighted by atomic mass is 10.1. The lowest BCUT2D eigenvalue weighted by Gasteiger charge is -2.29. The second-order valence-electron chi connectivity index (χ2n) is 4.47. The molecule has 0 spiro atoms. The van der Waals surface area contributed by atoms with Crippen LogP contribution in [0.4, 0.5) is 0 Å². The third kappa shape index (κ3) is 2.76. The van der Waals surface area contributed by atoms with E-state index in [1.165, 1.54) is 0 Å². The molecule has 2 heterocycles. The van der Waals surface area contributed by atoms with Gasteiger partial charge in [-0.2, -0.15) is 0 Å². The van der Waals surface area contributed by atoms with Gasteiger partial charge in [0.1, 0.15) is 0 Å². The van der Waals surface area contributed by atoms with Gasteiger partial charge in [0.05, 0.1) is 19.1 Å². The summed E-state index contributed by atoms with van der Waals surface area (Å²) in [6.07, 6.45) is 0.330. The van der Waals surface area contributed by atoms with Crippen LogP contribution >= 0.6 is 0 Å². The van der Waals surface area contributed by atoms with Crippen molar-refractivity contribution in [2.24, 2.45) is 11.7 Å². The zero-order valence-electron chi connectivity index (χ0n) is 9.93. The molecule has 2 amide bonds. The minimum absolute atomic E-state index is 0.0436. The van der Waals surface area contributed by atoms with Crippen LogP contribution in [-0.2, 0) is 14.3 Å². The van der Waals surface area contributed by atoms with Gasteiger partial charge < -0.3 is 20.3 Å². The van der Waals surface area contributed by atoms with Gasteiger partial charge in [0.25, 0.3) is 0 Å². The largest absolute Gasteiger partial charge is 0.378 e. The first-order chi connectivity index (χ1) is 8.22. The van der Waals surface area contributed by atoms with E-state index in [0.717, 1.165) is 0 Å². The van der Waals surface area contributed by atoms with E-state index in [1.807, 2.05) is 0 Å². The van der Waals surface area contributed by atoms with E-state index >= 15 is 0 Å². The van der Waals surface area contributed by atoms with Crippen LogP contribution in [0.1, 0.15) is 6.42 Å². The quantitative estimate of drug-likeness (QED) is 0.663. The molecule has 2 aliphatic rings. The van der Waals surface area contributed by atoms with Crippen molar-refractivity contribution in [3.63, 3.8) is 0 Å². The normalized spacial score (nSPS) is 25.5. The van der Waals surface area contributed by atoms with Crippen molar-refractivity contribution in [2.45, 2.75) is 6.42 Å². The number of ether oxygens (including phenoxy) is 1. The van der Waals surface area contributed by atoms with E-state index in [1.54, 1.807) is 9.80 Å². The first-order valence-corrected chi connectivity index (χ1v) is 6.06. The molecule has 6 nitrogen and oxygen atoms in total. The Hall–Kier alpha value is -1.14. The van der Waals surface area contributed by atoms with Crippen molar-refractivity contribution in [3.05, 3.63) is 0 Å². The molecule has 1 unspecified atom stereocenters. The highest BCUT2D eigenvalue weighted by atomic mass is 16.5. The molecule has 2 N–H and O–H groups in total. The monoisotopic (exact) mass is 241 g/mol. The fraction of sp³-hybridized carbons (Fsp3) is 0.818. The molecule has 6 heteroatoms. The van der Waals surface area contributed by atoms with E-state index < -0.39 is 0 Å². The van der Waals surface area contributed by atoms with Crippen LogP contribution in [0.15, 0.2) is 0 Å². The van der Waals surface area contributed by atoms with E-state index in [9.17, 15) is 9.59 Å². The molecule has 96 valence electrons. The zero-order chi connectivity index (χ0) is 12.3. The Morgan fingerprint density at radius 1 is 1.41 bits per heavy atom. The minimum Gasteiger partial charge on any atom is -0.378 e. The van der Waals surface area contributed by atoms with Crippen LogP contribution in [0.5, 0.6) is 0 Å². The van der Waals surface area contributed by atoms with Crippen LogP contribution in [0.2, 0.25) is 0 Å². The predicted octanol–water partition coefficient (Wildman–Crippen LogP) is -1.35. The highest BCUT2D eigenvalue weighted by molar-refractivity contribution is 5.89. The predicted molar refractivity (Wildman–Crippen MR) is 61.1 cm³/mol. The maximum absolute atomic E-state index is 12.2. The Balaban J connectivity index is 1.90. The number of amides is 2. The number of rotatable bonds is 3. The van der Waals surface area contributed by atoms with Crippen LogP contribution in [0.3, 0.4) is 0 Å². The lowest BCUT2D eigenvalue weighted by Crippen LogP contribution is -2.44. The molecule has 0 aliphatic carbocycles. The number of hydrogen-bond donors (Lipinski definition) is 1. The summed E-state index contributed by atoms with van der Waals surface area (Å²) in [4.78, 5) is 27.3. The van der Waals surface area contributed by atoms with E-state index in [-0.39, 0.29) is 17.7 Å². The molecule has 2 aliphatic heterocycles. The number of morpholine rings is 1. The first-order valence-electron chi connectivity index (χ1n) is 6.06. The molecule has 0 bridgehead atoms. The average Bonchev–Trinajstić information content (AvgIpc) is 2.72. The Kier molecular flexibility index (Phi) is 3.96. The summed E-state index contributed by atoms with van der Waals surface area (Å²) >= 11 is 0. The number of hydrogen-bond acceptors (Lipinski definition) is 4. The Bertz CT molecular complexity index is 302. The Labute approximate surface area is 101 Å². The van der Waals surface area contributed by atoms with E-state index in [4.69, 9.17) is 10.5 Å². The van der Waals surface area contributed by atoms with Crippen molar-refractivity contribution in [3.8, 4) is 0 Å². The Morgan fingerprint density at radius 3 is 2.76 bits per heavy atom. The summed E-state index contributed by atoms with van der Waals surface area (Å²) in [5.74, 6) is -0.0598. The molecule has 0 saturated carbocycles. The number of nitrogens with zero attached hydrogens (tertiary/aromatic N) is 2. The third-order valence-electron chi connectivity index (χ3n) is 3.29. The molecule has 0 radical (unpaired) electrons. The van der Waals surface area contributed by atoms with Gasteiger partial charge in [0.2, 0.25) is 11.8 Å². The van der Waals surface area contributed by atoms with Gasteiger partial charge in [-0.1, -0.05) is 0 Å². The van der Waals surface area contributed by atoms with E-state index in [2.05, 4.69) is 0 Å². The molecule has 0 aromatic heterocycles. The molecule has 17 heavy (non-hydrogen) atoms. The van der Waals surface area contributed by atoms with Crippen molar-refractivity contribution < 1.29 is 14.3 Å². The molecule has 0 aromatic rings. The van der Waals surface area contributed by atoms with E-state index in [0.29, 0.717) is 52.4 Å². The topological polar surface area (TPSA) is 75.9 Å². The number of nitrogens with two attached hydrogens (primary N) is 1. The summed E-state index contributed by atoms with van der Waals surface area (Å²) < 4.78 is 5.21. The Morgan fingerprint density at radius 2 is 2.12 bits per heavy atom. The second kappa shape index (κ2) is 5.46. The summed E-state index contributed by atoms with van der Waals surface area (Å²) in [6.45, 7) is 3.99. The molecule has 2 rings (SSSR count).